The molecular formula is C14H22ClNO2. The van der Waals surface area contributed by atoms with Crippen LogP contribution in [-0.2, 0) is 6.54 Å². The summed E-state index contributed by atoms with van der Waals surface area (Å²) in [6.45, 7) is 6.62. The van der Waals surface area contributed by atoms with Crippen LogP contribution in [0.4, 0.5) is 0 Å². The van der Waals surface area contributed by atoms with Gasteiger partial charge in [0.25, 0.3) is 0 Å². The fourth-order valence-corrected chi connectivity index (χ4v) is 1.81. The molecule has 0 saturated carbocycles. The summed E-state index contributed by atoms with van der Waals surface area (Å²) < 4.78 is 5.63. The van der Waals surface area contributed by atoms with Crippen LogP contribution in [-0.4, -0.2) is 24.9 Å². The molecule has 0 atom stereocenters. The molecule has 0 fully saturated rings. The maximum absolute atomic E-state index is 8.75. The van der Waals surface area contributed by atoms with E-state index in [9.17, 15) is 0 Å². The minimum Gasteiger partial charge on any atom is -0.493 e. The molecule has 0 radical (unpaired) electrons. The zero-order valence-electron chi connectivity index (χ0n) is 11.1. The SMILES string of the molecule is CC(C)CNCc1c(Cl)cccc1OCCCO. The van der Waals surface area contributed by atoms with Crippen LogP contribution in [0.25, 0.3) is 0 Å². The largest absolute Gasteiger partial charge is 0.493 e. The van der Waals surface area contributed by atoms with Crippen molar-refractivity contribution >= 4 is 11.6 Å². The van der Waals surface area contributed by atoms with Crippen LogP contribution in [0.5, 0.6) is 5.75 Å². The van der Waals surface area contributed by atoms with Crippen molar-refractivity contribution in [3.63, 3.8) is 0 Å². The molecule has 3 nitrogen and oxygen atoms in total. The Morgan fingerprint density at radius 1 is 1.39 bits per heavy atom. The van der Waals surface area contributed by atoms with Gasteiger partial charge in [-0.15, -0.1) is 0 Å². The molecular weight excluding hydrogens is 250 g/mol. The number of rotatable bonds is 8. The molecule has 0 spiro atoms. The van der Waals surface area contributed by atoms with Gasteiger partial charge >= 0.3 is 0 Å². The number of halogens is 1. The Balaban J connectivity index is 2.61. The standard InChI is InChI=1S/C14H22ClNO2/c1-11(2)9-16-10-12-13(15)5-3-6-14(12)18-8-4-7-17/h3,5-6,11,16-17H,4,7-10H2,1-2H3. The predicted molar refractivity (Wildman–Crippen MR) is 75.2 cm³/mol. The lowest BCUT2D eigenvalue weighted by Gasteiger charge is -2.14. The highest BCUT2D eigenvalue weighted by molar-refractivity contribution is 6.31. The first-order valence-corrected chi connectivity index (χ1v) is 6.74. The molecule has 2 N–H and O–H groups in total. The molecule has 102 valence electrons. The van der Waals surface area contributed by atoms with Gasteiger partial charge in [-0.1, -0.05) is 31.5 Å². The predicted octanol–water partition coefficient (Wildman–Crippen LogP) is 2.85. The molecule has 0 aromatic heterocycles. The third-order valence-corrected chi connectivity index (χ3v) is 2.84. The molecule has 0 aliphatic rings. The van der Waals surface area contributed by atoms with E-state index in [1.54, 1.807) is 0 Å². The first kappa shape index (κ1) is 15.3. The Morgan fingerprint density at radius 3 is 2.83 bits per heavy atom. The van der Waals surface area contributed by atoms with Crippen molar-refractivity contribution in [2.75, 3.05) is 19.8 Å². The average molecular weight is 272 g/mol. The molecule has 4 heteroatoms. The highest BCUT2D eigenvalue weighted by Crippen LogP contribution is 2.26. The maximum atomic E-state index is 8.75. The summed E-state index contributed by atoms with van der Waals surface area (Å²) >= 11 is 6.19. The second-order valence-corrected chi connectivity index (χ2v) is 5.07. The first-order valence-electron chi connectivity index (χ1n) is 6.37. The summed E-state index contributed by atoms with van der Waals surface area (Å²) in [5.74, 6) is 1.40. The molecule has 0 amide bonds. The minimum atomic E-state index is 0.140. The van der Waals surface area contributed by atoms with Crippen LogP contribution in [0, 0.1) is 5.92 Å². The molecule has 0 aliphatic carbocycles. The zero-order valence-corrected chi connectivity index (χ0v) is 11.8. The van der Waals surface area contributed by atoms with E-state index in [2.05, 4.69) is 19.2 Å². The summed E-state index contributed by atoms with van der Waals surface area (Å²) in [6, 6.07) is 5.66. The molecule has 1 aromatic carbocycles. The van der Waals surface area contributed by atoms with Gasteiger partial charge in [0.05, 0.1) is 6.61 Å². The molecule has 0 unspecified atom stereocenters. The van der Waals surface area contributed by atoms with Gasteiger partial charge in [-0.2, -0.15) is 0 Å². The van der Waals surface area contributed by atoms with Crippen molar-refractivity contribution < 1.29 is 9.84 Å². The monoisotopic (exact) mass is 271 g/mol. The summed E-state index contributed by atoms with van der Waals surface area (Å²) in [7, 11) is 0. The van der Waals surface area contributed by atoms with Crippen molar-refractivity contribution in [1.82, 2.24) is 5.32 Å². The van der Waals surface area contributed by atoms with Crippen LogP contribution in [0.15, 0.2) is 18.2 Å². The molecule has 0 aliphatic heterocycles. The van der Waals surface area contributed by atoms with E-state index in [1.807, 2.05) is 18.2 Å². The Morgan fingerprint density at radius 2 is 2.17 bits per heavy atom. The van der Waals surface area contributed by atoms with E-state index in [1.165, 1.54) is 0 Å². The highest BCUT2D eigenvalue weighted by atomic mass is 35.5. The van der Waals surface area contributed by atoms with Gasteiger partial charge in [-0.05, 0) is 24.6 Å². The van der Waals surface area contributed by atoms with Gasteiger partial charge in [0.15, 0.2) is 0 Å². The van der Waals surface area contributed by atoms with E-state index in [-0.39, 0.29) is 6.61 Å². The van der Waals surface area contributed by atoms with E-state index in [4.69, 9.17) is 21.4 Å². The Hall–Kier alpha value is -0.770. The third-order valence-electron chi connectivity index (χ3n) is 2.49. The van der Waals surface area contributed by atoms with Gasteiger partial charge in [0.1, 0.15) is 5.75 Å². The van der Waals surface area contributed by atoms with E-state index in [0.717, 1.165) is 17.9 Å². The van der Waals surface area contributed by atoms with E-state index < -0.39 is 0 Å². The normalized spacial score (nSPS) is 10.9. The number of aliphatic hydroxyl groups is 1. The van der Waals surface area contributed by atoms with Crippen LogP contribution >= 0.6 is 11.6 Å². The van der Waals surface area contributed by atoms with Crippen molar-refractivity contribution in [3.05, 3.63) is 28.8 Å². The van der Waals surface area contributed by atoms with Gasteiger partial charge in [0.2, 0.25) is 0 Å². The molecule has 0 heterocycles. The quantitative estimate of drug-likeness (QED) is 0.715. The fourth-order valence-electron chi connectivity index (χ4n) is 1.58. The van der Waals surface area contributed by atoms with Crippen molar-refractivity contribution in [2.45, 2.75) is 26.8 Å². The van der Waals surface area contributed by atoms with Gasteiger partial charge < -0.3 is 15.2 Å². The summed E-state index contributed by atoms with van der Waals surface area (Å²) in [5, 5.41) is 12.8. The highest BCUT2D eigenvalue weighted by Gasteiger charge is 2.08. The summed E-state index contributed by atoms with van der Waals surface area (Å²) in [4.78, 5) is 0. The average Bonchev–Trinajstić information content (AvgIpc) is 2.32. The van der Waals surface area contributed by atoms with E-state index in [0.29, 0.717) is 30.5 Å². The van der Waals surface area contributed by atoms with Crippen LogP contribution in [0.1, 0.15) is 25.8 Å². The van der Waals surface area contributed by atoms with Crippen molar-refractivity contribution in [2.24, 2.45) is 5.92 Å². The molecule has 1 rings (SSSR count). The van der Waals surface area contributed by atoms with Gasteiger partial charge in [0, 0.05) is 30.2 Å². The topological polar surface area (TPSA) is 41.5 Å². The maximum Gasteiger partial charge on any atom is 0.125 e. The first-order chi connectivity index (χ1) is 8.65. The van der Waals surface area contributed by atoms with Crippen molar-refractivity contribution in [1.29, 1.82) is 0 Å². The van der Waals surface area contributed by atoms with Crippen molar-refractivity contribution in [3.8, 4) is 5.75 Å². The minimum absolute atomic E-state index is 0.140. The molecule has 18 heavy (non-hydrogen) atoms. The second-order valence-electron chi connectivity index (χ2n) is 4.67. The van der Waals surface area contributed by atoms with Crippen LogP contribution in [0.2, 0.25) is 5.02 Å². The third kappa shape index (κ3) is 5.25. The molecule has 1 aromatic rings. The van der Waals surface area contributed by atoms with Gasteiger partial charge in [-0.3, -0.25) is 0 Å². The Bertz CT molecular complexity index is 356. The smallest absolute Gasteiger partial charge is 0.125 e. The summed E-state index contributed by atoms with van der Waals surface area (Å²) in [6.07, 6.45) is 0.630. The lowest BCUT2D eigenvalue weighted by Crippen LogP contribution is -2.19. The second kappa shape index (κ2) is 8.35. The molecule has 0 saturated heterocycles. The number of hydrogen-bond donors (Lipinski definition) is 2. The molecule has 0 bridgehead atoms. The zero-order chi connectivity index (χ0) is 13.4. The number of hydrogen-bond acceptors (Lipinski definition) is 3. The fraction of sp³-hybridized carbons (Fsp3) is 0.571. The number of nitrogens with one attached hydrogen (secondary N) is 1. The lowest BCUT2D eigenvalue weighted by atomic mass is 10.1. The van der Waals surface area contributed by atoms with E-state index >= 15 is 0 Å². The Labute approximate surface area is 114 Å². The van der Waals surface area contributed by atoms with Crippen LogP contribution in [0.3, 0.4) is 0 Å². The van der Waals surface area contributed by atoms with Crippen LogP contribution < -0.4 is 10.1 Å². The number of aliphatic hydroxyl groups excluding tert-OH is 1. The lowest BCUT2D eigenvalue weighted by molar-refractivity contribution is 0.232. The number of benzene rings is 1. The Kier molecular flexibility index (Phi) is 7.09. The summed E-state index contributed by atoms with van der Waals surface area (Å²) in [5.41, 5.74) is 0.984. The number of ether oxygens (including phenoxy) is 1. The van der Waals surface area contributed by atoms with Gasteiger partial charge in [-0.25, -0.2) is 0 Å².